The number of guanidine groups is 1. The fourth-order valence-electron chi connectivity index (χ4n) is 1.85. The molecule has 2 heterocycles. The molecule has 0 amide bonds. The number of thiazole rings is 1. The zero-order valence-electron chi connectivity index (χ0n) is 11.0. The lowest BCUT2D eigenvalue weighted by Crippen LogP contribution is -2.51. The van der Waals surface area contributed by atoms with Crippen LogP contribution in [0.25, 0.3) is 0 Å². The van der Waals surface area contributed by atoms with E-state index < -0.39 is 0 Å². The molecule has 19 heavy (non-hydrogen) atoms. The highest BCUT2D eigenvalue weighted by atomic mass is 127. The van der Waals surface area contributed by atoms with E-state index in [4.69, 9.17) is 10.5 Å². The smallest absolute Gasteiger partial charge is 0.191 e. The van der Waals surface area contributed by atoms with E-state index in [1.807, 2.05) is 11.6 Å². The Labute approximate surface area is 134 Å². The Bertz CT molecular complexity index is 378. The Morgan fingerprint density at radius 2 is 2.21 bits per heavy atom. The summed E-state index contributed by atoms with van der Waals surface area (Å²) in [4.78, 5) is 13.0. The minimum absolute atomic E-state index is 0. The van der Waals surface area contributed by atoms with Crippen molar-refractivity contribution in [3.05, 3.63) is 11.6 Å². The molecule has 0 saturated carbocycles. The number of aromatic nitrogens is 1. The van der Waals surface area contributed by atoms with Gasteiger partial charge in [0.05, 0.1) is 13.2 Å². The first-order chi connectivity index (χ1) is 8.81. The van der Waals surface area contributed by atoms with Crippen molar-refractivity contribution in [3.63, 3.8) is 0 Å². The molecule has 1 fully saturated rings. The summed E-state index contributed by atoms with van der Waals surface area (Å²) in [6.07, 6.45) is 1.84. The standard InChI is InChI=1S/C11H19N5OS.HI/c1-17-8-2-13-10(12)15-4-6-16(7-5-15)11-14-3-9-18-11;/h3,9H,2,4-8H2,1H3,(H2,12,13);1H. The van der Waals surface area contributed by atoms with Crippen LogP contribution >= 0.6 is 35.3 Å². The summed E-state index contributed by atoms with van der Waals surface area (Å²) < 4.78 is 4.95. The quantitative estimate of drug-likeness (QED) is 0.353. The van der Waals surface area contributed by atoms with E-state index in [-0.39, 0.29) is 24.0 Å². The van der Waals surface area contributed by atoms with Gasteiger partial charge in [0.15, 0.2) is 11.1 Å². The summed E-state index contributed by atoms with van der Waals surface area (Å²) in [6, 6.07) is 0. The van der Waals surface area contributed by atoms with Gasteiger partial charge in [-0.05, 0) is 0 Å². The Kier molecular flexibility index (Phi) is 7.39. The van der Waals surface area contributed by atoms with Crippen molar-refractivity contribution in [1.82, 2.24) is 9.88 Å². The third-order valence-corrected chi connectivity index (χ3v) is 3.69. The first kappa shape index (κ1) is 16.4. The molecule has 2 rings (SSSR count). The average molecular weight is 397 g/mol. The molecule has 0 bridgehead atoms. The predicted molar refractivity (Wildman–Crippen MR) is 89.7 cm³/mol. The van der Waals surface area contributed by atoms with Crippen molar-refractivity contribution in [2.24, 2.45) is 10.7 Å². The molecular weight excluding hydrogens is 377 g/mol. The summed E-state index contributed by atoms with van der Waals surface area (Å²) in [6.45, 7) is 4.89. The van der Waals surface area contributed by atoms with Crippen LogP contribution in [-0.2, 0) is 4.74 Å². The lowest BCUT2D eigenvalue weighted by Gasteiger charge is -2.35. The Hall–Kier alpha value is -0.610. The Balaban J connectivity index is 0.00000180. The minimum atomic E-state index is 0. The number of nitrogens with zero attached hydrogens (tertiary/aromatic N) is 4. The zero-order valence-corrected chi connectivity index (χ0v) is 14.1. The van der Waals surface area contributed by atoms with Crippen molar-refractivity contribution in [1.29, 1.82) is 0 Å². The van der Waals surface area contributed by atoms with E-state index in [9.17, 15) is 0 Å². The van der Waals surface area contributed by atoms with E-state index in [0.29, 0.717) is 19.1 Å². The maximum Gasteiger partial charge on any atom is 0.191 e. The van der Waals surface area contributed by atoms with Gasteiger partial charge in [0, 0.05) is 44.9 Å². The van der Waals surface area contributed by atoms with Gasteiger partial charge in [0.2, 0.25) is 0 Å². The highest BCUT2D eigenvalue weighted by molar-refractivity contribution is 14.0. The second kappa shape index (κ2) is 8.54. The van der Waals surface area contributed by atoms with Crippen LogP contribution in [0.2, 0.25) is 0 Å². The van der Waals surface area contributed by atoms with E-state index in [0.717, 1.165) is 31.3 Å². The number of ether oxygens (including phenoxy) is 1. The summed E-state index contributed by atoms with van der Waals surface area (Å²) in [5, 5.41) is 3.09. The molecule has 8 heteroatoms. The molecule has 1 aliphatic heterocycles. The second-order valence-electron chi connectivity index (χ2n) is 4.02. The van der Waals surface area contributed by atoms with Crippen molar-refractivity contribution in [2.45, 2.75) is 0 Å². The largest absolute Gasteiger partial charge is 0.383 e. The molecule has 0 atom stereocenters. The molecule has 1 aromatic heterocycles. The normalized spacial score (nSPS) is 16.4. The lowest BCUT2D eigenvalue weighted by atomic mass is 10.3. The van der Waals surface area contributed by atoms with Crippen molar-refractivity contribution >= 4 is 46.4 Å². The highest BCUT2D eigenvalue weighted by Crippen LogP contribution is 2.18. The van der Waals surface area contributed by atoms with Gasteiger partial charge in [-0.15, -0.1) is 35.3 Å². The summed E-state index contributed by atoms with van der Waals surface area (Å²) >= 11 is 1.67. The zero-order chi connectivity index (χ0) is 12.8. The van der Waals surface area contributed by atoms with Gasteiger partial charge < -0.3 is 20.3 Å². The third-order valence-electron chi connectivity index (χ3n) is 2.86. The van der Waals surface area contributed by atoms with E-state index in [1.54, 1.807) is 18.4 Å². The third kappa shape index (κ3) is 4.77. The number of halogens is 1. The van der Waals surface area contributed by atoms with Gasteiger partial charge in [-0.3, -0.25) is 4.99 Å². The number of piperazine rings is 1. The molecule has 0 aromatic carbocycles. The SMILES string of the molecule is COCCN=C(N)N1CCN(c2nccs2)CC1.I. The van der Waals surface area contributed by atoms with Gasteiger partial charge in [0.25, 0.3) is 0 Å². The molecule has 6 nitrogen and oxygen atoms in total. The minimum Gasteiger partial charge on any atom is -0.383 e. The topological polar surface area (TPSA) is 67.0 Å². The molecular formula is C11H20IN5OS. The average Bonchev–Trinajstić information content (AvgIpc) is 2.93. The first-order valence-corrected chi connectivity index (χ1v) is 6.87. The van der Waals surface area contributed by atoms with Crippen LogP contribution in [-0.4, -0.2) is 62.3 Å². The van der Waals surface area contributed by atoms with Crippen LogP contribution in [0.15, 0.2) is 16.6 Å². The number of aliphatic imine (C=N–C) groups is 1. The molecule has 0 aliphatic carbocycles. The second-order valence-corrected chi connectivity index (χ2v) is 4.89. The summed E-state index contributed by atoms with van der Waals surface area (Å²) in [5.41, 5.74) is 5.94. The number of hydrogen-bond acceptors (Lipinski definition) is 5. The number of hydrogen-bond donors (Lipinski definition) is 1. The molecule has 1 aliphatic rings. The summed E-state index contributed by atoms with van der Waals surface area (Å²) in [5.74, 6) is 0.617. The molecule has 1 saturated heterocycles. The number of anilines is 1. The van der Waals surface area contributed by atoms with Crippen molar-refractivity contribution < 1.29 is 4.74 Å². The summed E-state index contributed by atoms with van der Waals surface area (Å²) in [7, 11) is 1.67. The van der Waals surface area contributed by atoms with Gasteiger partial charge in [-0.1, -0.05) is 0 Å². The maximum atomic E-state index is 5.94. The Morgan fingerprint density at radius 3 is 2.79 bits per heavy atom. The van der Waals surface area contributed by atoms with E-state index >= 15 is 0 Å². The van der Waals surface area contributed by atoms with Crippen LogP contribution < -0.4 is 10.6 Å². The maximum absolute atomic E-state index is 5.94. The van der Waals surface area contributed by atoms with Gasteiger partial charge in [0.1, 0.15) is 0 Å². The van der Waals surface area contributed by atoms with Crippen LogP contribution in [0.5, 0.6) is 0 Å². The van der Waals surface area contributed by atoms with Gasteiger partial charge in [-0.2, -0.15) is 0 Å². The van der Waals surface area contributed by atoms with Crippen LogP contribution in [0.4, 0.5) is 5.13 Å². The Morgan fingerprint density at radius 1 is 1.47 bits per heavy atom. The molecule has 0 unspecified atom stereocenters. The van der Waals surface area contributed by atoms with Crippen LogP contribution in [0.3, 0.4) is 0 Å². The monoisotopic (exact) mass is 397 g/mol. The fourth-order valence-corrected chi connectivity index (χ4v) is 2.55. The van der Waals surface area contributed by atoms with E-state index in [2.05, 4.69) is 19.8 Å². The van der Waals surface area contributed by atoms with Gasteiger partial charge >= 0.3 is 0 Å². The van der Waals surface area contributed by atoms with Crippen molar-refractivity contribution in [3.8, 4) is 0 Å². The molecule has 0 radical (unpaired) electrons. The highest BCUT2D eigenvalue weighted by Gasteiger charge is 2.19. The molecule has 0 spiro atoms. The number of nitrogens with two attached hydrogens (primary N) is 1. The first-order valence-electron chi connectivity index (χ1n) is 5.99. The van der Waals surface area contributed by atoms with Gasteiger partial charge in [-0.25, -0.2) is 4.98 Å². The van der Waals surface area contributed by atoms with Crippen LogP contribution in [0, 0.1) is 0 Å². The fraction of sp³-hybridized carbons (Fsp3) is 0.636. The number of methoxy groups -OCH3 is 1. The van der Waals surface area contributed by atoms with E-state index in [1.165, 1.54) is 0 Å². The predicted octanol–water partition coefficient (Wildman–Crippen LogP) is 0.844. The number of rotatable bonds is 4. The molecule has 108 valence electrons. The molecule has 2 N–H and O–H groups in total. The lowest BCUT2D eigenvalue weighted by molar-refractivity contribution is 0.207. The van der Waals surface area contributed by atoms with Crippen LogP contribution in [0.1, 0.15) is 0 Å². The van der Waals surface area contributed by atoms with Crippen molar-refractivity contribution in [2.75, 3.05) is 51.3 Å². The molecule has 1 aromatic rings.